The molecule has 1 fully saturated rings. The molecule has 100 valence electrons. The lowest BCUT2D eigenvalue weighted by atomic mass is 10.3. The van der Waals surface area contributed by atoms with Crippen molar-refractivity contribution in [3.63, 3.8) is 0 Å². The molecule has 0 aliphatic carbocycles. The molecular formula is C13H21BrN4. The van der Waals surface area contributed by atoms with Crippen LogP contribution in [0.3, 0.4) is 0 Å². The average Bonchev–Trinajstić information content (AvgIpc) is 2.34. The highest BCUT2D eigenvalue weighted by Crippen LogP contribution is 2.20. The molecule has 2 heterocycles. The zero-order chi connectivity index (χ0) is 13.0. The fraction of sp³-hybridized carbons (Fsp3) is 0.615. The zero-order valence-corrected chi connectivity index (χ0v) is 12.7. The Morgan fingerprint density at radius 2 is 2.06 bits per heavy atom. The molecular weight excluding hydrogens is 292 g/mol. The highest BCUT2D eigenvalue weighted by molar-refractivity contribution is 9.10. The zero-order valence-electron chi connectivity index (χ0n) is 11.1. The third kappa shape index (κ3) is 3.93. The second-order valence-electron chi connectivity index (χ2n) is 4.91. The molecule has 0 unspecified atom stereocenters. The quantitative estimate of drug-likeness (QED) is 0.919. The van der Waals surface area contributed by atoms with E-state index in [0.29, 0.717) is 0 Å². The fourth-order valence-corrected chi connectivity index (χ4v) is 2.67. The van der Waals surface area contributed by atoms with Crippen molar-refractivity contribution in [2.24, 2.45) is 0 Å². The third-order valence-corrected chi connectivity index (χ3v) is 3.90. The molecule has 1 aromatic heterocycles. The van der Waals surface area contributed by atoms with Crippen molar-refractivity contribution in [3.05, 3.63) is 22.3 Å². The molecule has 0 saturated carbocycles. The van der Waals surface area contributed by atoms with Crippen LogP contribution in [-0.4, -0.2) is 61.1 Å². The molecule has 5 heteroatoms. The molecule has 0 atom stereocenters. The van der Waals surface area contributed by atoms with Crippen LogP contribution in [0.25, 0.3) is 0 Å². The molecule has 4 nitrogen and oxygen atoms in total. The van der Waals surface area contributed by atoms with Crippen molar-refractivity contribution >= 4 is 21.7 Å². The van der Waals surface area contributed by atoms with Gasteiger partial charge in [0.25, 0.3) is 0 Å². The largest absolute Gasteiger partial charge is 0.368 e. The number of aromatic nitrogens is 1. The Kier molecular flexibility index (Phi) is 4.97. The molecule has 0 amide bonds. The predicted octanol–water partition coefficient (Wildman–Crippen LogP) is 1.81. The van der Waals surface area contributed by atoms with Crippen LogP contribution in [0.5, 0.6) is 0 Å². The second-order valence-corrected chi connectivity index (χ2v) is 5.77. The summed E-state index contributed by atoms with van der Waals surface area (Å²) in [7, 11) is 2.18. The van der Waals surface area contributed by atoms with Crippen molar-refractivity contribution in [2.45, 2.75) is 6.92 Å². The van der Waals surface area contributed by atoms with Crippen LogP contribution in [0.2, 0.25) is 0 Å². The van der Waals surface area contributed by atoms with Crippen molar-refractivity contribution < 1.29 is 0 Å². The summed E-state index contributed by atoms with van der Waals surface area (Å²) in [5, 5.41) is 3.39. The standard InChI is InChI=1S/C13H21BrN4/c1-11-9-12(14)13(16-10-11)15-3-4-18-7-5-17(2)6-8-18/h9-10H,3-8H2,1-2H3,(H,15,16). The van der Waals surface area contributed by atoms with Crippen molar-refractivity contribution in [1.82, 2.24) is 14.8 Å². The molecule has 0 bridgehead atoms. The van der Waals surface area contributed by atoms with E-state index in [1.807, 2.05) is 13.1 Å². The first kappa shape index (κ1) is 13.8. The maximum atomic E-state index is 4.39. The van der Waals surface area contributed by atoms with E-state index in [1.165, 1.54) is 31.7 Å². The lowest BCUT2D eigenvalue weighted by molar-refractivity contribution is 0.158. The molecule has 2 rings (SSSR count). The minimum Gasteiger partial charge on any atom is -0.368 e. The molecule has 18 heavy (non-hydrogen) atoms. The smallest absolute Gasteiger partial charge is 0.140 e. The Hall–Kier alpha value is -0.650. The normalized spacial score (nSPS) is 17.9. The fourth-order valence-electron chi connectivity index (χ4n) is 2.07. The Balaban J connectivity index is 1.75. The molecule has 1 aliphatic rings. The first-order chi connectivity index (χ1) is 8.65. The van der Waals surface area contributed by atoms with Gasteiger partial charge in [-0.1, -0.05) is 0 Å². The number of likely N-dealkylation sites (N-methyl/N-ethyl adjacent to an activating group) is 1. The molecule has 1 N–H and O–H groups in total. The number of halogens is 1. The van der Waals surface area contributed by atoms with Crippen molar-refractivity contribution in [1.29, 1.82) is 0 Å². The van der Waals surface area contributed by atoms with E-state index < -0.39 is 0 Å². The van der Waals surface area contributed by atoms with E-state index in [9.17, 15) is 0 Å². The highest BCUT2D eigenvalue weighted by atomic mass is 79.9. The van der Waals surface area contributed by atoms with Crippen LogP contribution in [0.1, 0.15) is 5.56 Å². The van der Waals surface area contributed by atoms with Gasteiger partial charge in [-0.25, -0.2) is 4.98 Å². The molecule has 0 radical (unpaired) electrons. The van der Waals surface area contributed by atoms with Gasteiger partial charge in [0, 0.05) is 45.5 Å². The van der Waals surface area contributed by atoms with Crippen LogP contribution in [0, 0.1) is 6.92 Å². The van der Waals surface area contributed by atoms with Gasteiger partial charge in [0.05, 0.1) is 4.47 Å². The molecule has 1 saturated heterocycles. The van der Waals surface area contributed by atoms with E-state index in [1.54, 1.807) is 0 Å². The summed E-state index contributed by atoms with van der Waals surface area (Å²) in [4.78, 5) is 9.26. The highest BCUT2D eigenvalue weighted by Gasteiger charge is 2.12. The predicted molar refractivity (Wildman–Crippen MR) is 79.1 cm³/mol. The summed E-state index contributed by atoms with van der Waals surface area (Å²) in [5.74, 6) is 0.940. The summed E-state index contributed by atoms with van der Waals surface area (Å²) in [6, 6.07) is 2.09. The van der Waals surface area contributed by atoms with E-state index in [-0.39, 0.29) is 0 Å². The van der Waals surface area contributed by atoms with Gasteiger partial charge in [0.2, 0.25) is 0 Å². The Morgan fingerprint density at radius 3 is 2.72 bits per heavy atom. The van der Waals surface area contributed by atoms with E-state index in [2.05, 4.69) is 49.1 Å². The first-order valence-electron chi connectivity index (χ1n) is 6.42. The third-order valence-electron chi connectivity index (χ3n) is 3.29. The van der Waals surface area contributed by atoms with Gasteiger partial charge < -0.3 is 10.2 Å². The van der Waals surface area contributed by atoms with Gasteiger partial charge in [-0.05, 0) is 41.5 Å². The number of hydrogen-bond acceptors (Lipinski definition) is 4. The second kappa shape index (κ2) is 6.50. The summed E-state index contributed by atoms with van der Waals surface area (Å²) < 4.78 is 1.04. The number of nitrogens with zero attached hydrogens (tertiary/aromatic N) is 3. The molecule has 1 aliphatic heterocycles. The number of rotatable bonds is 4. The maximum Gasteiger partial charge on any atom is 0.140 e. The number of anilines is 1. The van der Waals surface area contributed by atoms with Gasteiger partial charge in [-0.15, -0.1) is 0 Å². The average molecular weight is 313 g/mol. The number of pyridine rings is 1. The SMILES string of the molecule is Cc1cnc(NCCN2CCN(C)CC2)c(Br)c1. The van der Waals surface area contributed by atoms with Crippen molar-refractivity contribution in [2.75, 3.05) is 51.6 Å². The van der Waals surface area contributed by atoms with Crippen LogP contribution < -0.4 is 5.32 Å². The van der Waals surface area contributed by atoms with E-state index in [0.717, 1.165) is 23.4 Å². The van der Waals surface area contributed by atoms with E-state index in [4.69, 9.17) is 0 Å². The van der Waals surface area contributed by atoms with Gasteiger partial charge in [-0.2, -0.15) is 0 Å². The lowest BCUT2D eigenvalue weighted by Gasteiger charge is -2.32. The van der Waals surface area contributed by atoms with Gasteiger partial charge in [-0.3, -0.25) is 4.90 Å². The van der Waals surface area contributed by atoms with Crippen LogP contribution >= 0.6 is 15.9 Å². The number of nitrogens with one attached hydrogen (secondary N) is 1. The summed E-state index contributed by atoms with van der Waals surface area (Å²) in [5.41, 5.74) is 1.17. The summed E-state index contributed by atoms with van der Waals surface area (Å²) in [6.07, 6.45) is 1.89. The Bertz CT molecular complexity index is 389. The van der Waals surface area contributed by atoms with Crippen LogP contribution in [0.4, 0.5) is 5.82 Å². The van der Waals surface area contributed by atoms with Gasteiger partial charge in [0.15, 0.2) is 0 Å². The molecule has 0 aromatic carbocycles. The Morgan fingerprint density at radius 1 is 1.33 bits per heavy atom. The molecule has 0 spiro atoms. The number of hydrogen-bond donors (Lipinski definition) is 1. The Labute approximate surface area is 118 Å². The monoisotopic (exact) mass is 312 g/mol. The minimum atomic E-state index is 0.940. The summed E-state index contributed by atoms with van der Waals surface area (Å²) >= 11 is 3.54. The van der Waals surface area contributed by atoms with Crippen LogP contribution in [-0.2, 0) is 0 Å². The van der Waals surface area contributed by atoms with E-state index >= 15 is 0 Å². The van der Waals surface area contributed by atoms with Gasteiger partial charge >= 0.3 is 0 Å². The van der Waals surface area contributed by atoms with Crippen LogP contribution in [0.15, 0.2) is 16.7 Å². The van der Waals surface area contributed by atoms with Crippen molar-refractivity contribution in [3.8, 4) is 0 Å². The molecule has 1 aromatic rings. The minimum absolute atomic E-state index is 0.940. The first-order valence-corrected chi connectivity index (χ1v) is 7.21. The topological polar surface area (TPSA) is 31.4 Å². The van der Waals surface area contributed by atoms with Gasteiger partial charge in [0.1, 0.15) is 5.82 Å². The number of aryl methyl sites for hydroxylation is 1. The lowest BCUT2D eigenvalue weighted by Crippen LogP contribution is -2.45. The summed E-state index contributed by atoms with van der Waals surface area (Å²) in [6.45, 7) is 8.75. The maximum absolute atomic E-state index is 4.39. The number of piperazine rings is 1.